The number of benzene rings is 3. The van der Waals surface area contributed by atoms with Crippen LogP contribution in [0.5, 0.6) is 5.75 Å². The minimum atomic E-state index is -0.935. The molecule has 0 amide bonds. The Morgan fingerprint density at radius 1 is 1.03 bits per heavy atom. The number of alkyl halides is 1. The fourth-order valence-electron chi connectivity index (χ4n) is 3.23. The SMILES string of the molecule is Cc1oc2cc(OC(=O)C(Cl)c3ccccc3)ccc2c(=O)c1-c1ccc(Br)cc1. The second-order valence-electron chi connectivity index (χ2n) is 6.72. The van der Waals surface area contributed by atoms with Crippen LogP contribution in [0.2, 0.25) is 0 Å². The molecule has 3 aromatic carbocycles. The number of aryl methyl sites for hydroxylation is 1. The molecule has 1 unspecified atom stereocenters. The average molecular weight is 484 g/mol. The Hall–Kier alpha value is -2.89. The Balaban J connectivity index is 1.67. The fourth-order valence-corrected chi connectivity index (χ4v) is 3.68. The number of carbonyl (C=O) groups is 1. The van der Waals surface area contributed by atoms with E-state index in [-0.39, 0.29) is 11.2 Å². The van der Waals surface area contributed by atoms with Gasteiger partial charge >= 0.3 is 5.97 Å². The summed E-state index contributed by atoms with van der Waals surface area (Å²) in [5.74, 6) is 0.138. The van der Waals surface area contributed by atoms with Crippen molar-refractivity contribution in [2.75, 3.05) is 0 Å². The van der Waals surface area contributed by atoms with E-state index in [1.807, 2.05) is 30.3 Å². The summed E-state index contributed by atoms with van der Waals surface area (Å²) in [6, 6.07) is 21.1. The van der Waals surface area contributed by atoms with Crippen LogP contribution in [0, 0.1) is 6.92 Å². The van der Waals surface area contributed by atoms with Crippen molar-refractivity contribution >= 4 is 44.5 Å². The standard InChI is InChI=1S/C24H16BrClO4/c1-14-21(15-7-9-17(25)10-8-15)23(27)19-12-11-18(13-20(19)29-14)30-24(28)22(26)16-5-3-2-4-6-16/h2-13,22H,1H3. The molecule has 0 aliphatic carbocycles. The molecule has 1 atom stereocenters. The molecule has 4 rings (SSSR count). The number of hydrogen-bond donors (Lipinski definition) is 0. The number of ether oxygens (including phenoxy) is 1. The first-order valence-corrected chi connectivity index (χ1v) is 10.4. The summed E-state index contributed by atoms with van der Waals surface area (Å²) in [4.78, 5) is 25.5. The number of carbonyl (C=O) groups excluding carboxylic acids is 1. The highest BCUT2D eigenvalue weighted by Crippen LogP contribution is 2.28. The molecule has 4 nitrogen and oxygen atoms in total. The predicted octanol–water partition coefficient (Wildman–Crippen LogP) is 6.42. The highest BCUT2D eigenvalue weighted by molar-refractivity contribution is 9.10. The van der Waals surface area contributed by atoms with Crippen molar-refractivity contribution in [2.45, 2.75) is 12.3 Å². The van der Waals surface area contributed by atoms with E-state index in [4.69, 9.17) is 20.8 Å². The van der Waals surface area contributed by atoms with Crippen molar-refractivity contribution in [3.05, 3.63) is 98.8 Å². The number of esters is 1. The van der Waals surface area contributed by atoms with Crippen LogP contribution in [0.1, 0.15) is 16.7 Å². The zero-order valence-electron chi connectivity index (χ0n) is 15.9. The molecule has 30 heavy (non-hydrogen) atoms. The quantitative estimate of drug-likeness (QED) is 0.191. The zero-order valence-corrected chi connectivity index (χ0v) is 18.2. The van der Waals surface area contributed by atoms with Gasteiger partial charge in [0.1, 0.15) is 17.1 Å². The molecule has 1 heterocycles. The predicted molar refractivity (Wildman–Crippen MR) is 121 cm³/mol. The fraction of sp³-hybridized carbons (Fsp3) is 0.0833. The maximum absolute atomic E-state index is 13.1. The first-order valence-electron chi connectivity index (χ1n) is 9.18. The van der Waals surface area contributed by atoms with Gasteiger partial charge in [-0.1, -0.05) is 58.4 Å². The van der Waals surface area contributed by atoms with Crippen LogP contribution >= 0.6 is 27.5 Å². The summed E-state index contributed by atoms with van der Waals surface area (Å²) >= 11 is 9.62. The monoisotopic (exact) mass is 482 g/mol. The lowest BCUT2D eigenvalue weighted by molar-refractivity contribution is -0.134. The molecule has 150 valence electrons. The molecule has 0 bridgehead atoms. The van der Waals surface area contributed by atoms with Crippen LogP contribution < -0.4 is 10.2 Å². The number of hydrogen-bond acceptors (Lipinski definition) is 4. The van der Waals surface area contributed by atoms with Gasteiger partial charge in [0, 0.05) is 10.5 Å². The topological polar surface area (TPSA) is 56.5 Å². The van der Waals surface area contributed by atoms with E-state index in [1.54, 1.807) is 43.3 Å². The average Bonchev–Trinajstić information content (AvgIpc) is 2.75. The molecule has 0 fully saturated rings. The molecule has 0 saturated carbocycles. The highest BCUT2D eigenvalue weighted by Gasteiger charge is 2.21. The maximum atomic E-state index is 13.1. The second kappa shape index (κ2) is 8.46. The van der Waals surface area contributed by atoms with Crippen LogP contribution in [0.3, 0.4) is 0 Å². The van der Waals surface area contributed by atoms with Crippen molar-refractivity contribution < 1.29 is 13.9 Å². The molecule has 0 aliphatic rings. The van der Waals surface area contributed by atoms with E-state index < -0.39 is 11.3 Å². The van der Waals surface area contributed by atoms with Gasteiger partial charge in [0.05, 0.1) is 10.9 Å². The lowest BCUT2D eigenvalue weighted by Gasteiger charge is -2.11. The summed E-state index contributed by atoms with van der Waals surface area (Å²) in [6.45, 7) is 1.74. The smallest absolute Gasteiger partial charge is 0.334 e. The molecule has 0 saturated heterocycles. The molecule has 0 aliphatic heterocycles. The number of halogens is 2. The Morgan fingerprint density at radius 2 is 1.73 bits per heavy atom. The largest absolute Gasteiger partial charge is 0.460 e. The molecular formula is C24H16BrClO4. The van der Waals surface area contributed by atoms with Crippen LogP contribution in [0.25, 0.3) is 22.1 Å². The van der Waals surface area contributed by atoms with Gasteiger partial charge in [-0.15, -0.1) is 11.6 Å². The van der Waals surface area contributed by atoms with Crippen LogP contribution in [0.4, 0.5) is 0 Å². The first-order chi connectivity index (χ1) is 14.4. The summed E-state index contributed by atoms with van der Waals surface area (Å²) in [5, 5.41) is -0.528. The van der Waals surface area contributed by atoms with Gasteiger partial charge in [0.25, 0.3) is 0 Å². The maximum Gasteiger partial charge on any atom is 0.334 e. The van der Waals surface area contributed by atoms with Gasteiger partial charge in [-0.05, 0) is 42.3 Å². The molecule has 4 aromatic rings. The Kier molecular flexibility index (Phi) is 5.75. The third-order valence-electron chi connectivity index (χ3n) is 4.69. The highest BCUT2D eigenvalue weighted by atomic mass is 79.9. The van der Waals surface area contributed by atoms with Crippen molar-refractivity contribution in [2.24, 2.45) is 0 Å². The Bertz CT molecular complexity index is 1280. The van der Waals surface area contributed by atoms with E-state index >= 15 is 0 Å². The third-order valence-corrected chi connectivity index (χ3v) is 5.65. The molecule has 0 N–H and O–H groups in total. The summed E-state index contributed by atoms with van der Waals surface area (Å²) in [7, 11) is 0. The van der Waals surface area contributed by atoms with Gasteiger partial charge in [-0.3, -0.25) is 4.79 Å². The van der Waals surface area contributed by atoms with Gasteiger partial charge in [-0.2, -0.15) is 0 Å². The van der Waals surface area contributed by atoms with Gasteiger partial charge in [0.15, 0.2) is 5.38 Å². The van der Waals surface area contributed by atoms with Crippen LogP contribution in [0.15, 0.2) is 86.5 Å². The van der Waals surface area contributed by atoms with Crippen molar-refractivity contribution in [1.29, 1.82) is 0 Å². The molecule has 6 heteroatoms. The normalized spacial score (nSPS) is 12.0. The van der Waals surface area contributed by atoms with Gasteiger partial charge in [-0.25, -0.2) is 4.79 Å². The van der Waals surface area contributed by atoms with Gasteiger partial charge < -0.3 is 9.15 Å². The Morgan fingerprint density at radius 3 is 2.43 bits per heavy atom. The van der Waals surface area contributed by atoms with Crippen LogP contribution in [-0.4, -0.2) is 5.97 Å². The summed E-state index contributed by atoms with van der Waals surface area (Å²) < 4.78 is 12.2. The molecule has 1 aromatic heterocycles. The van der Waals surface area contributed by atoms with E-state index in [0.29, 0.717) is 27.9 Å². The summed E-state index contributed by atoms with van der Waals surface area (Å²) in [5.41, 5.74) is 2.12. The minimum Gasteiger partial charge on any atom is -0.460 e. The molecule has 0 radical (unpaired) electrons. The van der Waals surface area contributed by atoms with E-state index in [1.165, 1.54) is 6.07 Å². The minimum absolute atomic E-state index is 0.145. The molecular weight excluding hydrogens is 468 g/mol. The van der Waals surface area contributed by atoms with E-state index in [9.17, 15) is 9.59 Å². The van der Waals surface area contributed by atoms with Crippen LogP contribution in [-0.2, 0) is 4.79 Å². The zero-order chi connectivity index (χ0) is 21.3. The second-order valence-corrected chi connectivity index (χ2v) is 8.07. The van der Waals surface area contributed by atoms with E-state index in [2.05, 4.69) is 15.9 Å². The summed E-state index contributed by atoms with van der Waals surface area (Å²) in [6.07, 6.45) is 0. The van der Waals surface area contributed by atoms with E-state index in [0.717, 1.165) is 10.0 Å². The number of rotatable bonds is 4. The molecule has 0 spiro atoms. The lowest BCUT2D eigenvalue weighted by atomic mass is 10.0. The van der Waals surface area contributed by atoms with Crippen molar-refractivity contribution in [3.63, 3.8) is 0 Å². The van der Waals surface area contributed by atoms with Gasteiger partial charge in [0.2, 0.25) is 5.43 Å². The Labute approximate surface area is 186 Å². The van der Waals surface area contributed by atoms with Crippen molar-refractivity contribution in [1.82, 2.24) is 0 Å². The third kappa shape index (κ3) is 4.04. The first kappa shape index (κ1) is 20.4. The lowest BCUT2D eigenvalue weighted by Crippen LogP contribution is -2.14. The van der Waals surface area contributed by atoms with Crippen molar-refractivity contribution in [3.8, 4) is 16.9 Å². The number of fused-ring (bicyclic) bond motifs is 1.